The van der Waals surface area contributed by atoms with Gasteiger partial charge >= 0.3 is 6.18 Å². The number of pyridine rings is 1. The predicted molar refractivity (Wildman–Crippen MR) is 182 cm³/mol. The number of rotatable bonds is 10. The molecule has 0 atom stereocenters. The molecular formula is C32H42F3N10O2P. The lowest BCUT2D eigenvalue weighted by Gasteiger charge is -2.49. The number of alkyl halides is 3. The number of aromatic nitrogens is 5. The van der Waals surface area contributed by atoms with Gasteiger partial charge in [0.2, 0.25) is 5.95 Å². The Bertz CT molecular complexity index is 1830. The lowest BCUT2D eigenvalue weighted by atomic mass is 9.96. The minimum atomic E-state index is -4.76. The number of likely N-dealkylation sites (tertiary alicyclic amines) is 1. The third kappa shape index (κ3) is 6.81. The molecule has 2 fully saturated rings. The van der Waals surface area contributed by atoms with Gasteiger partial charge in [-0.2, -0.15) is 23.3 Å². The molecule has 2 aliphatic rings. The summed E-state index contributed by atoms with van der Waals surface area (Å²) in [5, 5.41) is 10.2. The van der Waals surface area contributed by atoms with Gasteiger partial charge in [0.1, 0.15) is 30.6 Å². The highest BCUT2D eigenvalue weighted by Gasteiger charge is 2.37. The summed E-state index contributed by atoms with van der Waals surface area (Å²) in [6.07, 6.45) is 1.71. The van der Waals surface area contributed by atoms with E-state index >= 15 is 0 Å². The summed E-state index contributed by atoms with van der Waals surface area (Å²) in [5.74, 6) is -0.0329. The molecule has 0 amide bonds. The summed E-state index contributed by atoms with van der Waals surface area (Å²) in [7, 11) is 2.80. The maximum atomic E-state index is 14.2. The molecule has 48 heavy (non-hydrogen) atoms. The number of anilines is 5. The van der Waals surface area contributed by atoms with Crippen LogP contribution in [0.3, 0.4) is 0 Å². The van der Waals surface area contributed by atoms with Crippen molar-refractivity contribution in [2.24, 2.45) is 0 Å². The van der Waals surface area contributed by atoms with E-state index in [-0.39, 0.29) is 22.6 Å². The van der Waals surface area contributed by atoms with Crippen LogP contribution in [0.4, 0.5) is 42.0 Å². The van der Waals surface area contributed by atoms with E-state index in [4.69, 9.17) is 4.74 Å². The second-order valence-corrected chi connectivity index (χ2v) is 16.1. The molecule has 4 aromatic rings. The van der Waals surface area contributed by atoms with E-state index in [1.165, 1.54) is 36.4 Å². The Labute approximate surface area is 278 Å². The van der Waals surface area contributed by atoms with E-state index < -0.39 is 24.7 Å². The molecule has 2 N–H and O–H groups in total. The third-order valence-electron chi connectivity index (χ3n) is 9.28. The standard InChI is InChI=1S/C32H42F3N10O2P/c1-7-20-14-25(27(47-4)15-26(20)43-11-8-21(9-12-43)44-17-22(18-44)42(2)3)40-31-36-16-23(32(33,34)35)29(41-31)39-24-10-13-45-30(37-19-38-45)28(24)48(5,6)46/h10,13-16,19,21-22H,7-9,11-12,17-18H2,1-6H3,(H2,36,39,40,41). The van der Waals surface area contributed by atoms with Gasteiger partial charge in [-0.15, -0.1) is 0 Å². The summed E-state index contributed by atoms with van der Waals surface area (Å²) in [6.45, 7) is 9.21. The van der Waals surface area contributed by atoms with Gasteiger partial charge in [0.25, 0.3) is 0 Å². The maximum absolute atomic E-state index is 14.2. The fourth-order valence-corrected chi connectivity index (χ4v) is 7.89. The topological polar surface area (TPSA) is 116 Å². The number of nitrogens with one attached hydrogen (secondary N) is 2. The molecule has 0 aliphatic carbocycles. The number of piperidine rings is 1. The van der Waals surface area contributed by atoms with Crippen molar-refractivity contribution in [1.82, 2.24) is 34.4 Å². The number of aryl methyl sites for hydroxylation is 1. The van der Waals surface area contributed by atoms with Crippen LogP contribution in [0, 0.1) is 0 Å². The molecule has 258 valence electrons. The van der Waals surface area contributed by atoms with Gasteiger partial charge in [0, 0.05) is 62.4 Å². The highest BCUT2D eigenvalue weighted by Crippen LogP contribution is 2.42. The molecule has 6 rings (SSSR count). The number of halogens is 3. The van der Waals surface area contributed by atoms with Crippen molar-refractivity contribution >= 4 is 46.9 Å². The second kappa shape index (κ2) is 13.2. The van der Waals surface area contributed by atoms with Gasteiger partial charge in [0.15, 0.2) is 5.65 Å². The molecule has 0 unspecified atom stereocenters. The van der Waals surface area contributed by atoms with Gasteiger partial charge in [-0.1, -0.05) is 6.92 Å². The molecule has 0 saturated carbocycles. The van der Waals surface area contributed by atoms with Gasteiger partial charge in [-0.05, 0) is 64.4 Å². The minimum Gasteiger partial charge on any atom is -0.494 e. The average Bonchev–Trinajstić information content (AvgIpc) is 3.48. The van der Waals surface area contributed by atoms with Crippen molar-refractivity contribution in [1.29, 1.82) is 0 Å². The van der Waals surface area contributed by atoms with Gasteiger partial charge in [-0.25, -0.2) is 14.5 Å². The van der Waals surface area contributed by atoms with E-state index in [1.54, 1.807) is 7.11 Å². The second-order valence-electron chi connectivity index (χ2n) is 13.0. The van der Waals surface area contributed by atoms with Gasteiger partial charge in [-0.3, -0.25) is 4.90 Å². The zero-order valence-corrected chi connectivity index (χ0v) is 28.9. The first kappa shape index (κ1) is 33.9. The van der Waals surface area contributed by atoms with Crippen LogP contribution in [0.1, 0.15) is 30.9 Å². The minimum absolute atomic E-state index is 0.0636. The average molecular weight is 687 g/mol. The largest absolute Gasteiger partial charge is 0.494 e. The van der Waals surface area contributed by atoms with E-state index in [1.807, 2.05) is 12.1 Å². The SMILES string of the molecule is CCc1cc(Nc2ncc(C(F)(F)F)c(Nc3ccn4ncnc4c3P(C)(C)=O)n2)c(OC)cc1N1CCC(N2CC(N(C)C)C2)CC1. The summed E-state index contributed by atoms with van der Waals surface area (Å²) >= 11 is 0. The molecule has 16 heteroatoms. The molecule has 0 bridgehead atoms. The maximum Gasteiger partial charge on any atom is 0.421 e. The third-order valence-corrected chi connectivity index (χ3v) is 10.8. The van der Waals surface area contributed by atoms with Crippen LogP contribution >= 0.6 is 7.14 Å². The Morgan fingerprint density at radius 1 is 1.08 bits per heavy atom. The number of methoxy groups -OCH3 is 1. The van der Waals surface area contributed by atoms with Crippen LogP contribution in [0.5, 0.6) is 5.75 Å². The molecule has 5 heterocycles. The van der Waals surface area contributed by atoms with Crippen LogP contribution in [-0.2, 0) is 17.2 Å². The molecule has 0 spiro atoms. The summed E-state index contributed by atoms with van der Waals surface area (Å²) < 4.78 is 63.0. The lowest BCUT2D eigenvalue weighted by molar-refractivity contribution is -0.137. The Hall–Kier alpha value is -3.94. The predicted octanol–water partition coefficient (Wildman–Crippen LogP) is 5.06. The fourth-order valence-electron chi connectivity index (χ4n) is 6.54. The van der Waals surface area contributed by atoms with Crippen molar-refractivity contribution < 1.29 is 22.5 Å². The number of fused-ring (bicyclic) bond motifs is 1. The number of nitrogens with zero attached hydrogens (tertiary/aromatic N) is 8. The van der Waals surface area contributed by atoms with E-state index in [0.29, 0.717) is 23.5 Å². The molecule has 0 radical (unpaired) electrons. The molecule has 2 aliphatic heterocycles. The van der Waals surface area contributed by atoms with Crippen molar-refractivity contribution in [3.63, 3.8) is 0 Å². The Morgan fingerprint density at radius 3 is 2.44 bits per heavy atom. The van der Waals surface area contributed by atoms with Crippen molar-refractivity contribution in [2.45, 2.75) is 44.4 Å². The Kier molecular flexibility index (Phi) is 9.31. The number of ether oxygens (including phenoxy) is 1. The smallest absolute Gasteiger partial charge is 0.421 e. The van der Waals surface area contributed by atoms with E-state index in [2.05, 4.69) is 66.4 Å². The van der Waals surface area contributed by atoms with Crippen molar-refractivity contribution in [3.8, 4) is 5.75 Å². The first-order chi connectivity index (χ1) is 22.8. The number of hydrogen-bond acceptors (Lipinski definition) is 11. The van der Waals surface area contributed by atoms with Gasteiger partial charge in [0.05, 0.1) is 23.8 Å². The summed E-state index contributed by atoms with van der Waals surface area (Å²) in [4.78, 5) is 19.7. The van der Waals surface area contributed by atoms with Crippen LogP contribution in [0.15, 0.2) is 36.9 Å². The van der Waals surface area contributed by atoms with Gasteiger partial charge < -0.3 is 29.7 Å². The Balaban J connectivity index is 1.26. The fraction of sp³-hybridized carbons (Fsp3) is 0.500. The lowest BCUT2D eigenvalue weighted by Crippen LogP contribution is -2.62. The molecule has 1 aromatic carbocycles. The quantitative estimate of drug-likeness (QED) is 0.218. The first-order valence-electron chi connectivity index (χ1n) is 16.0. The monoisotopic (exact) mass is 686 g/mol. The number of likely N-dealkylation sites (N-methyl/N-ethyl adjacent to an activating group) is 1. The van der Waals surface area contributed by atoms with Crippen molar-refractivity contribution in [3.05, 3.63) is 48.0 Å². The van der Waals surface area contributed by atoms with Crippen LogP contribution in [0.2, 0.25) is 0 Å². The normalized spacial score (nSPS) is 16.8. The molecule has 12 nitrogen and oxygen atoms in total. The first-order valence-corrected chi connectivity index (χ1v) is 18.6. The molecule has 3 aromatic heterocycles. The molecule has 2 saturated heterocycles. The van der Waals surface area contributed by atoms with Crippen LogP contribution in [0.25, 0.3) is 5.65 Å². The highest BCUT2D eigenvalue weighted by molar-refractivity contribution is 7.70. The van der Waals surface area contributed by atoms with Crippen LogP contribution in [-0.4, -0.2) is 107 Å². The Morgan fingerprint density at radius 2 is 1.81 bits per heavy atom. The zero-order chi connectivity index (χ0) is 34.4. The zero-order valence-electron chi connectivity index (χ0n) is 28.0. The number of hydrogen-bond donors (Lipinski definition) is 2. The van der Waals surface area contributed by atoms with E-state index in [0.717, 1.165) is 62.9 Å². The summed E-state index contributed by atoms with van der Waals surface area (Å²) in [6, 6.07) is 6.66. The number of benzene rings is 1. The van der Waals surface area contributed by atoms with Crippen molar-refractivity contribution in [2.75, 3.05) is 76.2 Å². The highest BCUT2D eigenvalue weighted by atomic mass is 31.2. The summed E-state index contributed by atoms with van der Waals surface area (Å²) in [5.41, 5.74) is 2.10. The molecular weight excluding hydrogens is 644 g/mol. The van der Waals surface area contributed by atoms with Crippen LogP contribution < -0.4 is 25.6 Å². The van der Waals surface area contributed by atoms with E-state index in [9.17, 15) is 17.7 Å².